The lowest BCUT2D eigenvalue weighted by atomic mass is 10.0. The van der Waals surface area contributed by atoms with E-state index in [-0.39, 0.29) is 5.78 Å². The van der Waals surface area contributed by atoms with E-state index in [9.17, 15) is 9.59 Å². The molecule has 0 unspecified atom stereocenters. The summed E-state index contributed by atoms with van der Waals surface area (Å²) in [6.07, 6.45) is 0. The number of benzene rings is 4. The summed E-state index contributed by atoms with van der Waals surface area (Å²) in [5.41, 5.74) is 1.82. The molecule has 2 amide bonds. The van der Waals surface area contributed by atoms with E-state index in [0.717, 1.165) is 15.2 Å². The van der Waals surface area contributed by atoms with Crippen molar-refractivity contribution >= 4 is 49.9 Å². The molecule has 164 valence electrons. The van der Waals surface area contributed by atoms with Crippen LogP contribution in [0.25, 0.3) is 10.8 Å². The van der Waals surface area contributed by atoms with Crippen LogP contribution in [0.3, 0.4) is 0 Å². The molecule has 33 heavy (non-hydrogen) atoms. The van der Waals surface area contributed by atoms with Gasteiger partial charge in [-0.3, -0.25) is 4.79 Å². The Kier molecular flexibility index (Phi) is 5.71. The second-order valence-electron chi connectivity index (χ2n) is 7.48. The van der Waals surface area contributed by atoms with E-state index >= 15 is 0 Å². The van der Waals surface area contributed by atoms with Crippen molar-refractivity contribution in [3.8, 4) is 11.5 Å². The minimum atomic E-state index is -0.465. The van der Waals surface area contributed by atoms with Crippen molar-refractivity contribution < 1.29 is 19.1 Å². The first-order chi connectivity index (χ1) is 16.1. The minimum Gasteiger partial charge on any atom is -0.486 e. The number of nitrogens with one attached hydrogen (secondary N) is 2. The van der Waals surface area contributed by atoms with E-state index in [4.69, 9.17) is 9.47 Å². The number of fused-ring (bicyclic) bond motifs is 2. The van der Waals surface area contributed by atoms with Gasteiger partial charge in [0.1, 0.15) is 13.2 Å². The molecule has 1 aliphatic heterocycles. The summed E-state index contributed by atoms with van der Waals surface area (Å²) in [5.74, 6) is 0.718. The number of carbonyl (C=O) groups is 2. The summed E-state index contributed by atoms with van der Waals surface area (Å²) >= 11 is 3.38. The molecule has 0 bridgehead atoms. The van der Waals surface area contributed by atoms with Gasteiger partial charge in [0.15, 0.2) is 17.3 Å². The topological polar surface area (TPSA) is 76.7 Å². The Morgan fingerprint density at radius 3 is 2.21 bits per heavy atom. The van der Waals surface area contributed by atoms with Crippen molar-refractivity contribution in [2.24, 2.45) is 0 Å². The van der Waals surface area contributed by atoms with Crippen LogP contribution in [-0.4, -0.2) is 25.0 Å². The summed E-state index contributed by atoms with van der Waals surface area (Å²) in [6.45, 7) is 0.794. The zero-order valence-corrected chi connectivity index (χ0v) is 19.0. The Bertz CT molecular complexity index is 1360. The standard InChI is InChI=1S/C26H19BrN2O4/c27-18-10-8-17(9-11-18)25(30)20-14-23-24(33-13-12-32-23)15-22(20)29-26(31)28-21-7-3-5-16-4-1-2-6-19(16)21/h1-11,14-15H,12-13H2,(H2,28,29,31). The van der Waals surface area contributed by atoms with Crippen molar-refractivity contribution in [2.45, 2.75) is 0 Å². The highest BCUT2D eigenvalue weighted by atomic mass is 79.9. The van der Waals surface area contributed by atoms with E-state index < -0.39 is 6.03 Å². The molecule has 6 nitrogen and oxygen atoms in total. The smallest absolute Gasteiger partial charge is 0.323 e. The number of ether oxygens (including phenoxy) is 2. The Morgan fingerprint density at radius 2 is 1.42 bits per heavy atom. The molecule has 0 spiro atoms. The molecule has 1 aliphatic rings. The van der Waals surface area contributed by atoms with E-state index in [1.807, 2.05) is 42.5 Å². The molecule has 4 aromatic carbocycles. The molecular weight excluding hydrogens is 484 g/mol. The minimum absolute atomic E-state index is 0.236. The lowest BCUT2D eigenvalue weighted by Crippen LogP contribution is -2.22. The summed E-state index contributed by atoms with van der Waals surface area (Å²) in [5, 5.41) is 7.64. The maximum atomic E-state index is 13.3. The molecule has 0 aliphatic carbocycles. The molecule has 0 atom stereocenters. The molecule has 7 heteroatoms. The Hall–Kier alpha value is -3.84. The number of anilines is 2. The number of carbonyl (C=O) groups excluding carboxylic acids is 2. The number of urea groups is 1. The lowest BCUT2D eigenvalue weighted by molar-refractivity contribution is 0.103. The molecule has 4 aromatic rings. The van der Waals surface area contributed by atoms with Crippen LogP contribution in [0.1, 0.15) is 15.9 Å². The zero-order chi connectivity index (χ0) is 22.8. The van der Waals surface area contributed by atoms with E-state index in [2.05, 4.69) is 26.6 Å². The van der Waals surface area contributed by atoms with Crippen molar-refractivity contribution in [2.75, 3.05) is 23.8 Å². The molecule has 5 rings (SSSR count). The average molecular weight is 503 g/mol. The highest BCUT2D eigenvalue weighted by Gasteiger charge is 2.22. The van der Waals surface area contributed by atoms with Crippen molar-refractivity contribution in [1.29, 1.82) is 0 Å². The van der Waals surface area contributed by atoms with Crippen molar-refractivity contribution in [3.05, 3.63) is 94.5 Å². The first-order valence-corrected chi connectivity index (χ1v) is 11.2. The van der Waals surface area contributed by atoms with Gasteiger partial charge >= 0.3 is 6.03 Å². The van der Waals surface area contributed by atoms with Gasteiger partial charge in [-0.2, -0.15) is 0 Å². The van der Waals surface area contributed by atoms with Crippen LogP contribution < -0.4 is 20.1 Å². The third kappa shape index (κ3) is 4.40. The molecule has 0 aromatic heterocycles. The fraction of sp³-hybridized carbons (Fsp3) is 0.0769. The van der Waals surface area contributed by atoms with E-state index in [1.165, 1.54) is 0 Å². The summed E-state index contributed by atoms with van der Waals surface area (Å²) in [4.78, 5) is 26.2. The van der Waals surface area contributed by atoms with Gasteiger partial charge in [-0.1, -0.05) is 52.3 Å². The van der Waals surface area contributed by atoms with Crippen LogP contribution in [0.2, 0.25) is 0 Å². The molecule has 2 N–H and O–H groups in total. The third-order valence-electron chi connectivity index (χ3n) is 5.32. The van der Waals surface area contributed by atoms with Gasteiger partial charge in [0.2, 0.25) is 0 Å². The lowest BCUT2D eigenvalue weighted by Gasteiger charge is -2.21. The predicted molar refractivity (Wildman–Crippen MR) is 132 cm³/mol. The number of halogens is 1. The zero-order valence-electron chi connectivity index (χ0n) is 17.4. The Labute approximate surface area is 198 Å². The summed E-state index contributed by atoms with van der Waals surface area (Å²) < 4.78 is 12.2. The third-order valence-corrected chi connectivity index (χ3v) is 5.85. The Morgan fingerprint density at radius 1 is 0.758 bits per heavy atom. The van der Waals surface area contributed by atoms with Crippen molar-refractivity contribution in [3.63, 3.8) is 0 Å². The number of hydrogen-bond acceptors (Lipinski definition) is 4. The highest BCUT2D eigenvalue weighted by Crippen LogP contribution is 2.37. The van der Waals surface area contributed by atoms with Crippen molar-refractivity contribution in [1.82, 2.24) is 0 Å². The second-order valence-corrected chi connectivity index (χ2v) is 8.40. The van der Waals surface area contributed by atoms with Crippen LogP contribution in [0.5, 0.6) is 11.5 Å². The van der Waals surface area contributed by atoms with E-state index in [1.54, 1.807) is 36.4 Å². The molecule has 0 saturated heterocycles. The van der Waals surface area contributed by atoms with Crippen LogP contribution >= 0.6 is 15.9 Å². The number of amides is 2. The summed E-state index contributed by atoms with van der Waals surface area (Å²) in [6, 6.07) is 23.3. The van der Waals surface area contributed by atoms with Crippen LogP contribution in [0, 0.1) is 0 Å². The largest absolute Gasteiger partial charge is 0.486 e. The molecule has 1 heterocycles. The van der Waals surface area contributed by atoms with Gasteiger partial charge < -0.3 is 20.1 Å². The first-order valence-electron chi connectivity index (χ1n) is 10.4. The molecule has 0 fully saturated rings. The molecule has 0 saturated carbocycles. The fourth-order valence-corrected chi connectivity index (χ4v) is 4.01. The second kappa shape index (κ2) is 8.96. The SMILES string of the molecule is O=C(Nc1cc2c(cc1C(=O)c1ccc(Br)cc1)OCCO2)Nc1cccc2ccccc12. The maximum Gasteiger partial charge on any atom is 0.323 e. The average Bonchev–Trinajstić information content (AvgIpc) is 2.84. The predicted octanol–water partition coefficient (Wildman–Crippen LogP) is 6.25. The first kappa shape index (κ1) is 21.0. The summed E-state index contributed by atoms with van der Waals surface area (Å²) in [7, 11) is 0. The molecule has 0 radical (unpaired) electrons. The highest BCUT2D eigenvalue weighted by molar-refractivity contribution is 9.10. The van der Waals surface area contributed by atoms with Gasteiger partial charge in [-0.15, -0.1) is 0 Å². The fourth-order valence-electron chi connectivity index (χ4n) is 3.75. The van der Waals surface area contributed by atoms with Gasteiger partial charge in [0, 0.05) is 21.5 Å². The Balaban J connectivity index is 1.48. The van der Waals surface area contributed by atoms with Crippen LogP contribution in [0.15, 0.2) is 83.3 Å². The maximum absolute atomic E-state index is 13.3. The van der Waals surface area contributed by atoms with Gasteiger partial charge in [-0.25, -0.2) is 4.79 Å². The number of ketones is 1. The van der Waals surface area contributed by atoms with E-state index in [0.29, 0.717) is 47.2 Å². The quantitative estimate of drug-likeness (QED) is 0.323. The molecular formula is C26H19BrN2O4. The van der Waals surface area contributed by atoms with Gasteiger partial charge in [-0.05, 0) is 41.8 Å². The van der Waals surface area contributed by atoms with Crippen LogP contribution in [-0.2, 0) is 0 Å². The van der Waals surface area contributed by atoms with Crippen LogP contribution in [0.4, 0.5) is 16.2 Å². The van der Waals surface area contributed by atoms with Gasteiger partial charge in [0.05, 0.1) is 16.9 Å². The number of hydrogen-bond donors (Lipinski definition) is 2. The van der Waals surface area contributed by atoms with Gasteiger partial charge in [0.25, 0.3) is 0 Å². The monoisotopic (exact) mass is 502 g/mol. The number of rotatable bonds is 4. The normalized spacial score (nSPS) is 12.3.